The van der Waals surface area contributed by atoms with Crippen LogP contribution < -0.4 is 34.0 Å². The number of aliphatic imine (C=N–C) groups is 2. The van der Waals surface area contributed by atoms with E-state index in [1.807, 2.05) is 0 Å². The number of nitrogens with zero attached hydrogens (tertiary/aromatic N) is 2. The van der Waals surface area contributed by atoms with Gasteiger partial charge >= 0.3 is 16.5 Å². The summed E-state index contributed by atoms with van der Waals surface area (Å²) in [6, 6.07) is 34.5. The summed E-state index contributed by atoms with van der Waals surface area (Å²) in [5, 5.41) is 0. The monoisotopic (exact) mass is 814 g/mol. The molecule has 0 spiro atoms. The van der Waals surface area contributed by atoms with Crippen LogP contribution in [0, 0.1) is 39.5 Å². The van der Waals surface area contributed by atoms with Crippen molar-refractivity contribution in [1.29, 1.82) is 0 Å². The fourth-order valence-corrected chi connectivity index (χ4v) is 7.32. The van der Waals surface area contributed by atoms with E-state index in [1.54, 1.807) is 0 Å². The number of ether oxygens (including phenoxy) is 2. The van der Waals surface area contributed by atoms with Crippen LogP contribution in [0.15, 0.2) is 107 Å². The summed E-state index contributed by atoms with van der Waals surface area (Å²) in [6.07, 6.45) is 0.394. The SMILES string of the molecule is Cc1cccc(C2(c3cccc(C)c3)OC(CC3=N[C@H](C(C)C)C(c4cccc(C)c4)(c4cccc(C)c4)O3)=N[C@@H]2C(C)C)c1.[Br-].[Br-].[Ni+2]. The molecule has 256 valence electrons. The maximum absolute atomic E-state index is 7.17. The number of hydrogen-bond acceptors (Lipinski definition) is 4. The fraction of sp³-hybridized carbons (Fsp3) is 0.366. The average Bonchev–Trinajstić information content (AvgIpc) is 3.58. The van der Waals surface area contributed by atoms with Gasteiger partial charge in [-0.3, -0.25) is 0 Å². The molecule has 2 aliphatic rings. The molecule has 6 rings (SSSR count). The first kappa shape index (κ1) is 39.7. The van der Waals surface area contributed by atoms with E-state index in [9.17, 15) is 0 Å². The van der Waals surface area contributed by atoms with Crippen LogP contribution in [0.25, 0.3) is 0 Å². The molecule has 0 aromatic heterocycles. The molecule has 48 heavy (non-hydrogen) atoms. The van der Waals surface area contributed by atoms with Gasteiger partial charge < -0.3 is 43.4 Å². The Morgan fingerprint density at radius 2 is 0.792 bits per heavy atom. The van der Waals surface area contributed by atoms with E-state index in [0.29, 0.717) is 18.2 Å². The Kier molecular flexibility index (Phi) is 13.1. The molecular formula is C41H46Br2N2NiO2. The van der Waals surface area contributed by atoms with Gasteiger partial charge in [0, 0.05) is 22.3 Å². The van der Waals surface area contributed by atoms with Crippen LogP contribution in [0.3, 0.4) is 0 Å². The van der Waals surface area contributed by atoms with Crippen molar-refractivity contribution >= 4 is 11.8 Å². The third-order valence-corrected chi connectivity index (χ3v) is 9.31. The van der Waals surface area contributed by atoms with Crippen molar-refractivity contribution in [2.24, 2.45) is 21.8 Å². The largest absolute Gasteiger partial charge is 2.00 e. The van der Waals surface area contributed by atoms with Gasteiger partial charge in [-0.15, -0.1) is 0 Å². The minimum atomic E-state index is -0.748. The molecule has 2 atom stereocenters. The second-order valence-electron chi connectivity index (χ2n) is 13.8. The summed E-state index contributed by atoms with van der Waals surface area (Å²) in [4.78, 5) is 10.7. The molecule has 7 heteroatoms. The molecule has 2 heterocycles. The van der Waals surface area contributed by atoms with Gasteiger partial charge in [0.25, 0.3) is 0 Å². The molecule has 0 bridgehead atoms. The van der Waals surface area contributed by atoms with Crippen molar-refractivity contribution in [2.45, 2.75) is 85.1 Å². The molecule has 0 fully saturated rings. The van der Waals surface area contributed by atoms with Crippen LogP contribution in [-0.4, -0.2) is 23.9 Å². The van der Waals surface area contributed by atoms with Crippen LogP contribution in [0.2, 0.25) is 0 Å². The van der Waals surface area contributed by atoms with Crippen molar-refractivity contribution in [1.82, 2.24) is 0 Å². The van der Waals surface area contributed by atoms with Crippen LogP contribution in [-0.2, 0) is 37.2 Å². The van der Waals surface area contributed by atoms with Gasteiger partial charge in [0.1, 0.15) is 12.1 Å². The normalized spacial score (nSPS) is 18.9. The Balaban J connectivity index is 0.00000208. The first-order chi connectivity index (χ1) is 21.5. The zero-order valence-corrected chi connectivity index (χ0v) is 33.2. The zero-order chi connectivity index (χ0) is 31.9. The molecule has 4 nitrogen and oxygen atoms in total. The van der Waals surface area contributed by atoms with E-state index >= 15 is 0 Å². The summed E-state index contributed by atoms with van der Waals surface area (Å²) < 4.78 is 14.3. The van der Waals surface area contributed by atoms with E-state index in [0.717, 1.165) is 22.3 Å². The predicted octanol–water partition coefficient (Wildman–Crippen LogP) is 3.41. The van der Waals surface area contributed by atoms with Crippen molar-refractivity contribution in [3.63, 3.8) is 0 Å². The summed E-state index contributed by atoms with van der Waals surface area (Å²) in [5.41, 5.74) is 7.77. The molecule has 0 N–H and O–H groups in total. The number of hydrogen-bond donors (Lipinski definition) is 0. The standard InChI is InChI=1S/C41H46N2O2.2BrH.Ni/c1-26(2)38-40(32-17-9-13-28(5)21-32,33-18-10-14-29(6)22-33)44-36(42-38)25-37-43-39(27(3)4)41(45-37,34-19-11-15-30(7)23-34)35-20-12-16-31(8)24-35;;;/h9-24,26-27,38-39H,25H2,1-8H3;2*1H;/q;;;+2/p-2/t38-,39-;;;/m1.../s1. The van der Waals surface area contributed by atoms with Gasteiger partial charge in [-0.1, -0.05) is 147 Å². The second-order valence-corrected chi connectivity index (χ2v) is 13.8. The zero-order valence-electron chi connectivity index (χ0n) is 29.0. The van der Waals surface area contributed by atoms with E-state index in [-0.39, 0.29) is 74.4 Å². The molecule has 4 aromatic rings. The Bertz CT molecular complexity index is 1560. The van der Waals surface area contributed by atoms with E-state index in [2.05, 4.69) is 152 Å². The van der Waals surface area contributed by atoms with Gasteiger partial charge in [-0.05, 0) is 39.5 Å². The smallest absolute Gasteiger partial charge is 1.00 e. The van der Waals surface area contributed by atoms with Crippen LogP contribution in [0.1, 0.15) is 78.6 Å². The maximum atomic E-state index is 7.17. The van der Waals surface area contributed by atoms with Gasteiger partial charge in [-0.25, -0.2) is 9.98 Å². The fourth-order valence-electron chi connectivity index (χ4n) is 7.32. The maximum Gasteiger partial charge on any atom is 2.00 e. The Hall–Kier alpha value is -2.73. The van der Waals surface area contributed by atoms with Gasteiger partial charge in [0.15, 0.2) is 23.0 Å². The van der Waals surface area contributed by atoms with Gasteiger partial charge in [-0.2, -0.15) is 0 Å². The number of rotatable bonds is 8. The van der Waals surface area contributed by atoms with Crippen molar-refractivity contribution < 1.29 is 59.9 Å². The second kappa shape index (κ2) is 15.9. The van der Waals surface area contributed by atoms with E-state index < -0.39 is 11.2 Å². The summed E-state index contributed by atoms with van der Waals surface area (Å²) in [5.74, 6) is 1.80. The Morgan fingerprint density at radius 3 is 1.02 bits per heavy atom. The molecule has 0 saturated carbocycles. The number of benzene rings is 4. The molecule has 2 aliphatic heterocycles. The Labute approximate surface area is 318 Å². The number of aryl methyl sites for hydroxylation is 4. The van der Waals surface area contributed by atoms with Crippen molar-refractivity contribution in [3.8, 4) is 0 Å². The predicted molar refractivity (Wildman–Crippen MR) is 185 cm³/mol. The van der Waals surface area contributed by atoms with Crippen LogP contribution in [0.5, 0.6) is 0 Å². The quantitative estimate of drug-likeness (QED) is 0.257. The molecule has 0 amide bonds. The minimum absolute atomic E-state index is 0. The minimum Gasteiger partial charge on any atom is -1.00 e. The third-order valence-electron chi connectivity index (χ3n) is 9.31. The van der Waals surface area contributed by atoms with Crippen LogP contribution in [0.4, 0.5) is 0 Å². The molecule has 4 aromatic carbocycles. The number of halogens is 2. The van der Waals surface area contributed by atoms with Gasteiger partial charge in [0.05, 0.1) is 6.42 Å². The summed E-state index contributed by atoms with van der Waals surface area (Å²) >= 11 is 0. The van der Waals surface area contributed by atoms with Crippen molar-refractivity contribution in [2.75, 3.05) is 0 Å². The Morgan fingerprint density at radius 1 is 0.521 bits per heavy atom. The average molecular weight is 817 g/mol. The first-order valence-corrected chi connectivity index (χ1v) is 16.3. The van der Waals surface area contributed by atoms with E-state index in [4.69, 9.17) is 19.5 Å². The molecule has 0 aliphatic carbocycles. The third kappa shape index (κ3) is 7.25. The topological polar surface area (TPSA) is 43.2 Å². The van der Waals surface area contributed by atoms with Crippen LogP contribution >= 0.6 is 0 Å². The molecular weight excluding hydrogens is 771 g/mol. The molecule has 0 radical (unpaired) electrons. The van der Waals surface area contributed by atoms with Crippen molar-refractivity contribution in [3.05, 3.63) is 142 Å². The summed E-state index contributed by atoms with van der Waals surface area (Å²) in [6.45, 7) is 17.5. The summed E-state index contributed by atoms with van der Waals surface area (Å²) in [7, 11) is 0. The van der Waals surface area contributed by atoms with E-state index in [1.165, 1.54) is 22.3 Å². The molecule has 0 saturated heterocycles. The first-order valence-electron chi connectivity index (χ1n) is 16.3. The molecule has 0 unspecified atom stereocenters. The van der Waals surface area contributed by atoms with Gasteiger partial charge in [0.2, 0.25) is 0 Å².